The Kier molecular flexibility index (Phi) is 7.60. The monoisotopic (exact) mass is 610 g/mol. The van der Waals surface area contributed by atoms with Crippen molar-refractivity contribution in [1.82, 2.24) is 39.2 Å². The summed E-state index contributed by atoms with van der Waals surface area (Å²) in [6.45, 7) is 3.68. The third-order valence-electron chi connectivity index (χ3n) is 5.85. The number of fused-ring (bicyclic) bond motifs is 2. The molecule has 0 unspecified atom stereocenters. The van der Waals surface area contributed by atoms with Gasteiger partial charge in [0.25, 0.3) is 0 Å². The van der Waals surface area contributed by atoms with Gasteiger partial charge in [0.2, 0.25) is 11.3 Å². The first-order valence-corrected chi connectivity index (χ1v) is 12.7. The predicted molar refractivity (Wildman–Crippen MR) is 147 cm³/mol. The minimum absolute atomic E-state index is 0.00569. The highest BCUT2D eigenvalue weighted by Crippen LogP contribution is 2.32. The van der Waals surface area contributed by atoms with E-state index in [-0.39, 0.29) is 12.1 Å². The summed E-state index contributed by atoms with van der Waals surface area (Å²) in [5, 5.41) is 22.2. The van der Waals surface area contributed by atoms with Gasteiger partial charge in [0.15, 0.2) is 11.6 Å². The van der Waals surface area contributed by atoms with Crippen molar-refractivity contribution in [3.8, 4) is 0 Å². The van der Waals surface area contributed by atoms with Gasteiger partial charge in [-0.2, -0.15) is 13.2 Å². The molecule has 204 valence electrons. The zero-order valence-electron chi connectivity index (χ0n) is 21.2. The molecule has 14 heteroatoms. The molecule has 2 aromatic carbocycles. The molecule has 0 saturated carbocycles. The van der Waals surface area contributed by atoms with E-state index in [1.807, 2.05) is 41.8 Å². The first kappa shape index (κ1) is 27.0. The van der Waals surface area contributed by atoms with Crippen molar-refractivity contribution in [3.05, 3.63) is 101 Å². The Hall–Kier alpha value is -4.59. The van der Waals surface area contributed by atoms with Gasteiger partial charge >= 0.3 is 6.18 Å². The Labute approximate surface area is 234 Å². The van der Waals surface area contributed by atoms with Crippen LogP contribution < -0.4 is 10.6 Å². The summed E-state index contributed by atoms with van der Waals surface area (Å²) < 4.78 is 43.5. The lowest BCUT2D eigenvalue weighted by Crippen LogP contribution is -2.12. The average molecular weight is 611 g/mol. The fourth-order valence-corrected chi connectivity index (χ4v) is 4.33. The third-order valence-corrected chi connectivity index (χ3v) is 6.34. The number of aromatic nitrogens is 8. The summed E-state index contributed by atoms with van der Waals surface area (Å²) in [4.78, 5) is 8.41. The molecule has 0 bridgehead atoms. The van der Waals surface area contributed by atoms with Crippen LogP contribution in [0.3, 0.4) is 0 Å². The minimum Gasteiger partial charge on any atom is -0.363 e. The van der Waals surface area contributed by atoms with Gasteiger partial charge in [-0.05, 0) is 43.7 Å². The maximum Gasteiger partial charge on any atom is 0.416 e. The van der Waals surface area contributed by atoms with Crippen molar-refractivity contribution in [1.29, 1.82) is 0 Å². The van der Waals surface area contributed by atoms with Gasteiger partial charge in [-0.15, -0.1) is 20.4 Å². The molecule has 0 fully saturated rings. The second-order valence-corrected chi connectivity index (χ2v) is 9.49. The first-order chi connectivity index (χ1) is 19.2. The van der Waals surface area contributed by atoms with Gasteiger partial charge in [-0.3, -0.25) is 8.80 Å². The van der Waals surface area contributed by atoms with Crippen LogP contribution in [0.1, 0.15) is 22.8 Å². The van der Waals surface area contributed by atoms with E-state index < -0.39 is 11.7 Å². The van der Waals surface area contributed by atoms with Crippen LogP contribution in [0.2, 0.25) is 0 Å². The van der Waals surface area contributed by atoms with Crippen LogP contribution in [0.5, 0.6) is 0 Å². The van der Waals surface area contributed by atoms with E-state index in [2.05, 4.69) is 56.9 Å². The molecule has 0 aliphatic heterocycles. The lowest BCUT2D eigenvalue weighted by molar-refractivity contribution is -0.138. The molecule has 0 atom stereocenters. The standard InChI is InChI=1S/C14H12F3N5.C12H10BrN5/c1-9-20-21-13-12(18-6-7-22(9)13)19-8-10-4-2-3-5-11(10)14(15,16)17;1-8-16-17-12-11(14-5-6-18(8)12)15-10-4-2-3-9(13)7-10/h2-7H,8H2,1H3,(H,18,19);2-7H,1H3,(H,14,15). The smallest absolute Gasteiger partial charge is 0.363 e. The summed E-state index contributed by atoms with van der Waals surface area (Å²) >= 11 is 3.44. The molecule has 4 heterocycles. The van der Waals surface area contributed by atoms with Crippen LogP contribution in [0.25, 0.3) is 11.3 Å². The summed E-state index contributed by atoms with van der Waals surface area (Å²) in [6.07, 6.45) is 2.42. The van der Waals surface area contributed by atoms with Crippen LogP contribution >= 0.6 is 15.9 Å². The van der Waals surface area contributed by atoms with E-state index in [1.165, 1.54) is 12.1 Å². The van der Waals surface area contributed by atoms with Gasteiger partial charge in [0.1, 0.15) is 11.6 Å². The Balaban J connectivity index is 0.000000164. The lowest BCUT2D eigenvalue weighted by Gasteiger charge is -2.13. The normalized spacial score (nSPS) is 11.3. The Morgan fingerprint density at radius 3 is 2.08 bits per heavy atom. The fourth-order valence-electron chi connectivity index (χ4n) is 3.93. The molecule has 10 nitrogen and oxygen atoms in total. The topological polar surface area (TPSA) is 110 Å². The number of benzene rings is 2. The molecule has 0 spiro atoms. The largest absolute Gasteiger partial charge is 0.416 e. The van der Waals surface area contributed by atoms with Gasteiger partial charge < -0.3 is 10.6 Å². The number of nitrogens with zero attached hydrogens (tertiary/aromatic N) is 8. The van der Waals surface area contributed by atoms with Crippen LogP contribution in [0.15, 0.2) is 77.8 Å². The summed E-state index contributed by atoms with van der Waals surface area (Å²) in [6, 6.07) is 13.3. The van der Waals surface area contributed by atoms with Crippen LogP contribution in [-0.2, 0) is 12.7 Å². The van der Waals surface area contributed by atoms with Crippen molar-refractivity contribution >= 4 is 44.5 Å². The van der Waals surface area contributed by atoms with Crippen molar-refractivity contribution < 1.29 is 13.2 Å². The highest BCUT2D eigenvalue weighted by Gasteiger charge is 2.32. The Morgan fingerprint density at radius 2 is 1.43 bits per heavy atom. The number of hydrogen-bond acceptors (Lipinski definition) is 8. The number of halogens is 4. The second kappa shape index (κ2) is 11.3. The number of aryl methyl sites for hydroxylation is 2. The quantitative estimate of drug-likeness (QED) is 0.244. The maximum absolute atomic E-state index is 13.0. The molecule has 0 radical (unpaired) electrons. The number of nitrogens with one attached hydrogen (secondary N) is 2. The molecular weight excluding hydrogens is 589 g/mol. The average Bonchev–Trinajstić information content (AvgIpc) is 3.51. The highest BCUT2D eigenvalue weighted by molar-refractivity contribution is 9.10. The SMILES string of the molecule is Cc1nnc2c(NCc3ccccc3C(F)(F)F)nccn12.Cc1nnc2c(Nc3cccc(Br)c3)nccn12. The van der Waals surface area contributed by atoms with Crippen molar-refractivity contribution in [3.63, 3.8) is 0 Å². The molecule has 40 heavy (non-hydrogen) atoms. The molecule has 0 saturated heterocycles. The second-order valence-electron chi connectivity index (χ2n) is 8.58. The molecule has 6 rings (SSSR count). The molecule has 4 aromatic heterocycles. The van der Waals surface area contributed by atoms with E-state index in [9.17, 15) is 13.2 Å². The maximum atomic E-state index is 13.0. The summed E-state index contributed by atoms with van der Waals surface area (Å²) in [5.41, 5.74) is 1.63. The van der Waals surface area contributed by atoms with Crippen molar-refractivity contribution in [2.24, 2.45) is 0 Å². The molecule has 0 aliphatic rings. The van der Waals surface area contributed by atoms with E-state index in [1.54, 1.807) is 36.0 Å². The fraction of sp³-hybridized carbons (Fsp3) is 0.154. The lowest BCUT2D eigenvalue weighted by atomic mass is 10.1. The van der Waals surface area contributed by atoms with Gasteiger partial charge in [-0.1, -0.05) is 40.2 Å². The Morgan fingerprint density at radius 1 is 0.800 bits per heavy atom. The predicted octanol–water partition coefficient (Wildman–Crippen LogP) is 6.00. The molecule has 0 amide bonds. The van der Waals surface area contributed by atoms with Gasteiger partial charge in [-0.25, -0.2) is 9.97 Å². The third kappa shape index (κ3) is 5.86. The number of rotatable bonds is 5. The molecule has 0 aliphatic carbocycles. The van der Waals surface area contributed by atoms with Crippen LogP contribution in [0, 0.1) is 13.8 Å². The summed E-state index contributed by atoms with van der Waals surface area (Å²) in [7, 11) is 0. The van der Waals surface area contributed by atoms with E-state index in [0.717, 1.165) is 27.7 Å². The van der Waals surface area contributed by atoms with Crippen LogP contribution in [0.4, 0.5) is 30.5 Å². The number of anilines is 3. The van der Waals surface area contributed by atoms with Crippen molar-refractivity contribution in [2.45, 2.75) is 26.6 Å². The van der Waals surface area contributed by atoms with Gasteiger partial charge in [0.05, 0.1) is 5.56 Å². The van der Waals surface area contributed by atoms with Crippen LogP contribution in [-0.4, -0.2) is 39.2 Å². The molecule has 2 N–H and O–H groups in total. The number of hydrogen-bond donors (Lipinski definition) is 2. The molecular formula is C26H22BrF3N10. The van der Waals surface area contributed by atoms with Gasteiger partial charge in [0, 0.05) is 41.5 Å². The van der Waals surface area contributed by atoms with E-state index in [4.69, 9.17) is 0 Å². The van der Waals surface area contributed by atoms with Crippen molar-refractivity contribution in [2.75, 3.05) is 10.6 Å². The Bertz CT molecular complexity index is 1780. The zero-order chi connectivity index (χ0) is 28.3. The highest BCUT2D eigenvalue weighted by atomic mass is 79.9. The van der Waals surface area contributed by atoms with E-state index >= 15 is 0 Å². The van der Waals surface area contributed by atoms with E-state index in [0.29, 0.717) is 23.1 Å². The minimum atomic E-state index is -4.39. The summed E-state index contributed by atoms with van der Waals surface area (Å²) in [5.74, 6) is 2.59. The first-order valence-electron chi connectivity index (χ1n) is 11.9. The number of alkyl halides is 3. The molecule has 6 aromatic rings. The zero-order valence-corrected chi connectivity index (χ0v) is 22.8.